The van der Waals surface area contributed by atoms with E-state index in [9.17, 15) is 4.79 Å². The van der Waals surface area contributed by atoms with Crippen LogP contribution in [0.15, 0.2) is 43.0 Å². The van der Waals surface area contributed by atoms with E-state index in [4.69, 9.17) is 9.72 Å². The Hall–Kier alpha value is -3.35. The molecule has 0 saturated carbocycles. The maximum Gasteiger partial charge on any atom is 0.224 e. The summed E-state index contributed by atoms with van der Waals surface area (Å²) in [5.74, 6) is 1.52. The number of hydrogen-bond acceptors (Lipinski definition) is 6. The molecule has 1 N–H and O–H groups in total. The minimum atomic E-state index is -0.113. The van der Waals surface area contributed by atoms with Gasteiger partial charge < -0.3 is 10.1 Å². The molecule has 1 atom stereocenters. The predicted octanol–water partition coefficient (Wildman–Crippen LogP) is 3.63. The van der Waals surface area contributed by atoms with Crippen LogP contribution < -0.4 is 10.1 Å². The fourth-order valence-corrected chi connectivity index (χ4v) is 4.67. The highest BCUT2D eigenvalue weighted by Gasteiger charge is 2.34. The Morgan fingerprint density at radius 1 is 1.22 bits per heavy atom. The standard InChI is InChI=1S/C25H27N5O2/c1-25(2)12-19(18-14-28-24(30-20(18)13-25)21-15-26-7-8-27-21)29-23(31)11-16-5-6-22-17(10-16)4-3-9-32-22/h5-8,10,14-15,19H,3-4,9,11-13H2,1-2H3,(H,29,31)/t19-/m1/s1. The second-order valence-corrected chi connectivity index (χ2v) is 9.42. The number of aromatic nitrogens is 4. The van der Waals surface area contributed by atoms with Gasteiger partial charge >= 0.3 is 0 Å². The zero-order chi connectivity index (χ0) is 22.1. The van der Waals surface area contributed by atoms with Crippen LogP contribution in [0.5, 0.6) is 5.75 Å². The smallest absolute Gasteiger partial charge is 0.224 e. The van der Waals surface area contributed by atoms with Crippen molar-refractivity contribution in [3.8, 4) is 17.3 Å². The molecule has 7 heteroatoms. The maximum atomic E-state index is 13.0. The molecule has 1 aliphatic carbocycles. The molecule has 7 nitrogen and oxygen atoms in total. The second kappa shape index (κ2) is 8.30. The zero-order valence-electron chi connectivity index (χ0n) is 18.5. The molecule has 3 aromatic rings. The molecule has 0 radical (unpaired) electrons. The van der Waals surface area contributed by atoms with Gasteiger partial charge in [-0.25, -0.2) is 15.0 Å². The first-order valence-corrected chi connectivity index (χ1v) is 11.1. The molecule has 0 saturated heterocycles. The summed E-state index contributed by atoms with van der Waals surface area (Å²) in [6, 6.07) is 5.96. The van der Waals surface area contributed by atoms with Crippen LogP contribution in [-0.2, 0) is 24.1 Å². The molecule has 0 spiro atoms. The van der Waals surface area contributed by atoms with E-state index in [2.05, 4.69) is 40.2 Å². The number of aryl methyl sites for hydroxylation is 1. The Balaban J connectivity index is 1.35. The predicted molar refractivity (Wildman–Crippen MR) is 120 cm³/mol. The molecule has 2 aromatic heterocycles. The van der Waals surface area contributed by atoms with Crippen LogP contribution in [0.3, 0.4) is 0 Å². The molecular formula is C25H27N5O2. The van der Waals surface area contributed by atoms with E-state index in [-0.39, 0.29) is 17.4 Å². The van der Waals surface area contributed by atoms with E-state index in [0.717, 1.165) is 54.9 Å². The molecule has 32 heavy (non-hydrogen) atoms. The fourth-order valence-electron chi connectivity index (χ4n) is 4.67. The van der Waals surface area contributed by atoms with Gasteiger partial charge in [0.1, 0.15) is 11.4 Å². The average Bonchev–Trinajstić information content (AvgIpc) is 2.78. The van der Waals surface area contributed by atoms with Crippen LogP contribution in [0.25, 0.3) is 11.5 Å². The highest BCUT2D eigenvalue weighted by molar-refractivity contribution is 5.79. The zero-order valence-corrected chi connectivity index (χ0v) is 18.5. The van der Waals surface area contributed by atoms with Crippen LogP contribution in [0.4, 0.5) is 0 Å². The van der Waals surface area contributed by atoms with Gasteiger partial charge in [0.2, 0.25) is 5.91 Å². The first-order chi connectivity index (χ1) is 15.5. The van der Waals surface area contributed by atoms with Gasteiger partial charge in [0.15, 0.2) is 5.82 Å². The molecule has 3 heterocycles. The van der Waals surface area contributed by atoms with E-state index in [1.54, 1.807) is 18.6 Å². The summed E-state index contributed by atoms with van der Waals surface area (Å²) < 4.78 is 5.69. The van der Waals surface area contributed by atoms with Crippen molar-refractivity contribution >= 4 is 5.91 Å². The third-order valence-corrected chi connectivity index (χ3v) is 6.14. The fraction of sp³-hybridized carbons (Fsp3) is 0.400. The number of hydrogen-bond donors (Lipinski definition) is 1. The lowest BCUT2D eigenvalue weighted by molar-refractivity contribution is -0.121. The van der Waals surface area contributed by atoms with Crippen LogP contribution >= 0.6 is 0 Å². The second-order valence-electron chi connectivity index (χ2n) is 9.42. The van der Waals surface area contributed by atoms with Crippen molar-refractivity contribution < 1.29 is 9.53 Å². The molecule has 0 bridgehead atoms. The highest BCUT2D eigenvalue weighted by atomic mass is 16.5. The number of nitrogens with zero attached hydrogens (tertiary/aromatic N) is 4. The van der Waals surface area contributed by atoms with Gasteiger partial charge in [-0.15, -0.1) is 0 Å². The Bertz CT molecular complexity index is 1150. The molecule has 5 rings (SSSR count). The number of rotatable bonds is 4. The van der Waals surface area contributed by atoms with Crippen LogP contribution in [0, 0.1) is 5.41 Å². The average molecular weight is 430 g/mol. The van der Waals surface area contributed by atoms with E-state index >= 15 is 0 Å². The normalized spacial score (nSPS) is 18.8. The summed E-state index contributed by atoms with van der Waals surface area (Å²) in [6.07, 6.45) is 10.8. The third kappa shape index (κ3) is 4.33. The van der Waals surface area contributed by atoms with Gasteiger partial charge in [0, 0.05) is 24.2 Å². The Morgan fingerprint density at radius 2 is 2.12 bits per heavy atom. The van der Waals surface area contributed by atoms with Crippen molar-refractivity contribution in [2.75, 3.05) is 6.61 Å². The third-order valence-electron chi connectivity index (χ3n) is 6.14. The number of fused-ring (bicyclic) bond motifs is 2. The molecule has 1 aliphatic heterocycles. The largest absolute Gasteiger partial charge is 0.493 e. The molecular weight excluding hydrogens is 402 g/mol. The van der Waals surface area contributed by atoms with Gasteiger partial charge in [-0.05, 0) is 48.3 Å². The number of carbonyl (C=O) groups is 1. The summed E-state index contributed by atoms with van der Waals surface area (Å²) in [5, 5.41) is 3.24. The quantitative estimate of drug-likeness (QED) is 0.681. The van der Waals surface area contributed by atoms with E-state index in [1.165, 1.54) is 5.56 Å². The summed E-state index contributed by atoms with van der Waals surface area (Å²) in [7, 11) is 0. The minimum absolute atomic E-state index is 0.00771. The summed E-state index contributed by atoms with van der Waals surface area (Å²) in [5.41, 5.74) is 4.82. The molecule has 164 valence electrons. The minimum Gasteiger partial charge on any atom is -0.493 e. The number of amides is 1. The lowest BCUT2D eigenvalue weighted by Crippen LogP contribution is -2.37. The van der Waals surface area contributed by atoms with Crippen LogP contribution in [0.1, 0.15) is 55.1 Å². The van der Waals surface area contributed by atoms with Crippen LogP contribution in [-0.4, -0.2) is 32.4 Å². The lowest BCUT2D eigenvalue weighted by Gasteiger charge is -2.36. The van der Waals surface area contributed by atoms with Crippen molar-refractivity contribution in [3.05, 3.63) is 65.4 Å². The number of nitrogens with one attached hydrogen (secondary N) is 1. The van der Waals surface area contributed by atoms with Crippen molar-refractivity contribution in [1.29, 1.82) is 0 Å². The Morgan fingerprint density at radius 3 is 2.97 bits per heavy atom. The van der Waals surface area contributed by atoms with Crippen molar-refractivity contribution in [2.24, 2.45) is 5.41 Å². The topological polar surface area (TPSA) is 89.9 Å². The molecule has 2 aliphatic rings. The van der Waals surface area contributed by atoms with Crippen molar-refractivity contribution in [3.63, 3.8) is 0 Å². The maximum absolute atomic E-state index is 13.0. The molecule has 1 amide bonds. The van der Waals surface area contributed by atoms with E-state index in [1.807, 2.05) is 18.3 Å². The van der Waals surface area contributed by atoms with Crippen LogP contribution in [0.2, 0.25) is 0 Å². The van der Waals surface area contributed by atoms with Gasteiger partial charge in [0.25, 0.3) is 0 Å². The summed E-state index contributed by atoms with van der Waals surface area (Å²) in [6.45, 7) is 5.19. The molecule has 1 aromatic carbocycles. The monoisotopic (exact) mass is 429 g/mol. The first kappa shape index (κ1) is 20.5. The lowest BCUT2D eigenvalue weighted by atomic mass is 9.74. The number of ether oxygens (including phenoxy) is 1. The Kier molecular flexibility index (Phi) is 5.33. The first-order valence-electron chi connectivity index (χ1n) is 11.1. The molecule has 0 fully saturated rings. The summed E-state index contributed by atoms with van der Waals surface area (Å²) >= 11 is 0. The summed E-state index contributed by atoms with van der Waals surface area (Å²) in [4.78, 5) is 30.7. The van der Waals surface area contributed by atoms with Gasteiger partial charge in [-0.2, -0.15) is 0 Å². The van der Waals surface area contributed by atoms with Gasteiger partial charge in [0.05, 0.1) is 31.0 Å². The Labute approximate surface area is 187 Å². The highest BCUT2D eigenvalue weighted by Crippen LogP contribution is 2.40. The molecule has 0 unspecified atom stereocenters. The van der Waals surface area contributed by atoms with E-state index in [0.29, 0.717) is 17.9 Å². The SMILES string of the molecule is CC1(C)Cc2nc(-c3cnccn3)ncc2[C@H](NC(=O)Cc2ccc3c(c2)CCCO3)C1. The number of carbonyl (C=O) groups excluding carboxylic acids is 1. The van der Waals surface area contributed by atoms with E-state index < -0.39 is 0 Å². The van der Waals surface area contributed by atoms with Gasteiger partial charge in [-0.1, -0.05) is 26.0 Å². The van der Waals surface area contributed by atoms with Crippen molar-refractivity contribution in [2.45, 2.75) is 52.0 Å². The van der Waals surface area contributed by atoms with Crippen molar-refractivity contribution in [1.82, 2.24) is 25.3 Å². The van der Waals surface area contributed by atoms with Gasteiger partial charge in [-0.3, -0.25) is 9.78 Å². The number of benzene rings is 1.